The first-order valence-corrected chi connectivity index (χ1v) is 9.34. The third kappa shape index (κ3) is 4.74. The van der Waals surface area contributed by atoms with E-state index in [-0.39, 0.29) is 18.4 Å². The zero-order valence-electron chi connectivity index (χ0n) is 15.1. The van der Waals surface area contributed by atoms with E-state index in [9.17, 15) is 9.59 Å². The van der Waals surface area contributed by atoms with Crippen LogP contribution in [0.4, 0.5) is 0 Å². The first-order valence-electron chi connectivity index (χ1n) is 9.34. The normalized spacial score (nSPS) is 20.8. The number of likely N-dealkylation sites (tertiary alicyclic amines) is 2. The summed E-state index contributed by atoms with van der Waals surface area (Å²) in [6.45, 7) is 2.65. The average molecular weight is 344 g/mol. The van der Waals surface area contributed by atoms with Gasteiger partial charge in [-0.25, -0.2) is 0 Å². The molecule has 0 aromatic heterocycles. The zero-order chi connectivity index (χ0) is 17.6. The van der Waals surface area contributed by atoms with Gasteiger partial charge in [0.1, 0.15) is 5.75 Å². The molecule has 0 saturated carbocycles. The first-order chi connectivity index (χ1) is 12.2. The fourth-order valence-electron chi connectivity index (χ4n) is 3.86. The van der Waals surface area contributed by atoms with Gasteiger partial charge in [0.2, 0.25) is 11.8 Å². The molecular weight excluding hydrogens is 316 g/mol. The Morgan fingerprint density at radius 1 is 1.28 bits per heavy atom. The number of methoxy groups -OCH3 is 1. The minimum atomic E-state index is 0.112. The van der Waals surface area contributed by atoms with Crippen molar-refractivity contribution in [3.8, 4) is 5.75 Å². The third-order valence-electron chi connectivity index (χ3n) is 5.34. The number of rotatable bonds is 6. The molecule has 136 valence electrons. The van der Waals surface area contributed by atoms with E-state index < -0.39 is 0 Å². The molecule has 2 heterocycles. The highest BCUT2D eigenvalue weighted by molar-refractivity contribution is 5.85. The minimum Gasteiger partial charge on any atom is -0.497 e. The number of amides is 2. The Labute approximate surface area is 149 Å². The maximum Gasteiger partial charge on any atom is 0.242 e. The molecule has 0 N–H and O–H groups in total. The summed E-state index contributed by atoms with van der Waals surface area (Å²) >= 11 is 0. The van der Waals surface area contributed by atoms with Crippen LogP contribution < -0.4 is 4.74 Å². The lowest BCUT2D eigenvalue weighted by Gasteiger charge is -2.34. The molecule has 3 rings (SSSR count). The topological polar surface area (TPSA) is 49.9 Å². The van der Waals surface area contributed by atoms with Crippen LogP contribution in [0.5, 0.6) is 5.75 Å². The maximum absolute atomic E-state index is 12.5. The van der Waals surface area contributed by atoms with Gasteiger partial charge >= 0.3 is 0 Å². The van der Waals surface area contributed by atoms with Gasteiger partial charge in [-0.2, -0.15) is 0 Å². The molecule has 0 bridgehead atoms. The van der Waals surface area contributed by atoms with E-state index in [0.29, 0.717) is 12.3 Å². The van der Waals surface area contributed by atoms with Gasteiger partial charge in [-0.3, -0.25) is 9.59 Å². The first kappa shape index (κ1) is 17.8. The van der Waals surface area contributed by atoms with E-state index in [0.717, 1.165) is 51.1 Å². The number of hydrogen-bond acceptors (Lipinski definition) is 3. The number of aryl methyl sites for hydroxylation is 1. The van der Waals surface area contributed by atoms with Crippen LogP contribution in [0.25, 0.3) is 0 Å². The second-order valence-electron chi connectivity index (χ2n) is 7.16. The molecule has 0 aliphatic carbocycles. The van der Waals surface area contributed by atoms with E-state index in [1.165, 1.54) is 12.0 Å². The second-order valence-corrected chi connectivity index (χ2v) is 7.16. The number of nitrogens with zero attached hydrogens (tertiary/aromatic N) is 2. The van der Waals surface area contributed by atoms with Gasteiger partial charge < -0.3 is 14.5 Å². The van der Waals surface area contributed by atoms with Crippen molar-refractivity contribution in [3.63, 3.8) is 0 Å². The van der Waals surface area contributed by atoms with Crippen molar-refractivity contribution >= 4 is 11.8 Å². The van der Waals surface area contributed by atoms with Crippen LogP contribution in [0.15, 0.2) is 24.3 Å². The van der Waals surface area contributed by atoms with Crippen LogP contribution in [-0.2, 0) is 16.0 Å². The Bertz CT molecular complexity index is 617. The summed E-state index contributed by atoms with van der Waals surface area (Å²) in [6.07, 6.45) is 5.80. The summed E-state index contributed by atoms with van der Waals surface area (Å²) in [5.41, 5.74) is 1.28. The Morgan fingerprint density at radius 2 is 2.16 bits per heavy atom. The van der Waals surface area contributed by atoms with Crippen LogP contribution in [0.2, 0.25) is 0 Å². The highest BCUT2D eigenvalue weighted by atomic mass is 16.5. The monoisotopic (exact) mass is 344 g/mol. The highest BCUT2D eigenvalue weighted by Crippen LogP contribution is 2.23. The largest absolute Gasteiger partial charge is 0.497 e. The molecule has 5 heteroatoms. The number of benzene rings is 1. The lowest BCUT2D eigenvalue weighted by molar-refractivity contribution is -0.139. The van der Waals surface area contributed by atoms with Crippen molar-refractivity contribution in [2.75, 3.05) is 33.3 Å². The summed E-state index contributed by atoms with van der Waals surface area (Å²) in [7, 11) is 1.69. The van der Waals surface area contributed by atoms with Gasteiger partial charge in [0.15, 0.2) is 0 Å². The van der Waals surface area contributed by atoms with E-state index in [4.69, 9.17) is 4.74 Å². The average Bonchev–Trinajstić information content (AvgIpc) is 3.05. The lowest BCUT2D eigenvalue weighted by atomic mass is 9.91. The smallest absolute Gasteiger partial charge is 0.242 e. The molecule has 2 amide bonds. The highest BCUT2D eigenvalue weighted by Gasteiger charge is 2.28. The summed E-state index contributed by atoms with van der Waals surface area (Å²) in [4.78, 5) is 27.9. The van der Waals surface area contributed by atoms with Crippen molar-refractivity contribution < 1.29 is 14.3 Å². The molecule has 2 aliphatic rings. The molecule has 2 saturated heterocycles. The van der Waals surface area contributed by atoms with Gasteiger partial charge in [0.25, 0.3) is 0 Å². The summed E-state index contributed by atoms with van der Waals surface area (Å²) < 4.78 is 5.28. The predicted octanol–water partition coefficient (Wildman–Crippen LogP) is 2.49. The van der Waals surface area contributed by atoms with Crippen LogP contribution in [-0.4, -0.2) is 54.9 Å². The second kappa shape index (κ2) is 8.37. The van der Waals surface area contributed by atoms with Gasteiger partial charge in [0.05, 0.1) is 13.7 Å². The number of hydrogen-bond donors (Lipinski definition) is 0. The fraction of sp³-hybridized carbons (Fsp3) is 0.600. The molecule has 2 fully saturated rings. The number of ether oxygens (including phenoxy) is 1. The number of carbonyl (C=O) groups excluding carboxylic acids is 2. The van der Waals surface area contributed by atoms with Crippen molar-refractivity contribution in [3.05, 3.63) is 29.8 Å². The van der Waals surface area contributed by atoms with Crippen LogP contribution in [0.3, 0.4) is 0 Å². The molecule has 0 unspecified atom stereocenters. The fourth-order valence-corrected chi connectivity index (χ4v) is 3.86. The molecule has 0 radical (unpaired) electrons. The lowest BCUT2D eigenvalue weighted by Crippen LogP contribution is -2.45. The quantitative estimate of drug-likeness (QED) is 0.797. The molecule has 0 spiro atoms. The number of piperidine rings is 1. The summed E-state index contributed by atoms with van der Waals surface area (Å²) in [5, 5.41) is 0. The molecule has 25 heavy (non-hydrogen) atoms. The minimum absolute atomic E-state index is 0.112. The van der Waals surface area contributed by atoms with Crippen molar-refractivity contribution in [2.24, 2.45) is 5.92 Å². The van der Waals surface area contributed by atoms with Crippen LogP contribution in [0.1, 0.15) is 37.7 Å². The van der Waals surface area contributed by atoms with Crippen molar-refractivity contribution in [1.82, 2.24) is 9.80 Å². The van der Waals surface area contributed by atoms with E-state index >= 15 is 0 Å². The molecular formula is C20H28N2O3. The third-order valence-corrected chi connectivity index (χ3v) is 5.34. The Morgan fingerprint density at radius 3 is 2.92 bits per heavy atom. The number of carbonyl (C=O) groups is 2. The van der Waals surface area contributed by atoms with Gasteiger partial charge in [-0.15, -0.1) is 0 Å². The molecule has 2 aliphatic heterocycles. The van der Waals surface area contributed by atoms with Gasteiger partial charge in [-0.1, -0.05) is 12.1 Å². The molecule has 1 aromatic rings. The summed E-state index contributed by atoms with van der Waals surface area (Å²) in [5.74, 6) is 1.67. The van der Waals surface area contributed by atoms with E-state index in [1.54, 1.807) is 12.0 Å². The SMILES string of the molecule is COc1cccc(CC[C@H]2CCCN(C(=O)CN3CCCC3=O)C2)c1. The van der Waals surface area contributed by atoms with Gasteiger partial charge in [-0.05, 0) is 55.7 Å². The van der Waals surface area contributed by atoms with Gasteiger partial charge in [0, 0.05) is 26.1 Å². The standard InChI is InChI=1S/C20H28N2O3/c1-25-18-7-2-5-16(13-18)9-10-17-6-3-11-21(14-17)20(24)15-22-12-4-8-19(22)23/h2,5,7,13,17H,3-4,6,8-12,14-15H2,1H3/t17-/m1/s1. The molecule has 5 nitrogen and oxygen atoms in total. The van der Waals surface area contributed by atoms with E-state index in [1.807, 2.05) is 17.0 Å². The van der Waals surface area contributed by atoms with Crippen molar-refractivity contribution in [2.45, 2.75) is 38.5 Å². The predicted molar refractivity (Wildman–Crippen MR) is 96.4 cm³/mol. The molecule has 1 atom stereocenters. The maximum atomic E-state index is 12.5. The Balaban J connectivity index is 1.48. The van der Waals surface area contributed by atoms with E-state index in [2.05, 4.69) is 12.1 Å². The Hall–Kier alpha value is -2.04. The zero-order valence-corrected chi connectivity index (χ0v) is 15.1. The van der Waals surface area contributed by atoms with Crippen LogP contribution in [0, 0.1) is 5.92 Å². The van der Waals surface area contributed by atoms with Crippen LogP contribution >= 0.6 is 0 Å². The van der Waals surface area contributed by atoms with Crippen molar-refractivity contribution in [1.29, 1.82) is 0 Å². The summed E-state index contributed by atoms with van der Waals surface area (Å²) in [6, 6.07) is 8.21. The molecule has 1 aromatic carbocycles. The Kier molecular flexibility index (Phi) is 5.95.